The summed E-state index contributed by atoms with van der Waals surface area (Å²) in [7, 11) is -3.49. The minimum Gasteiger partial charge on any atom is -0.479 e. The quantitative estimate of drug-likeness (QED) is 0.774. The van der Waals surface area contributed by atoms with Crippen molar-refractivity contribution in [3.05, 3.63) is 35.9 Å². The van der Waals surface area contributed by atoms with Crippen LogP contribution in [0.3, 0.4) is 0 Å². The van der Waals surface area contributed by atoms with E-state index in [0.29, 0.717) is 12.0 Å². The molecule has 0 spiro atoms. The van der Waals surface area contributed by atoms with Gasteiger partial charge in [0.05, 0.1) is 5.75 Å². The Labute approximate surface area is 117 Å². The fraction of sp³-hybridized carbons (Fsp3) is 0.385. The first-order valence-corrected chi connectivity index (χ1v) is 7.95. The first-order chi connectivity index (χ1) is 9.35. The molecule has 0 saturated carbocycles. The Morgan fingerprint density at radius 1 is 1.25 bits per heavy atom. The van der Waals surface area contributed by atoms with Crippen molar-refractivity contribution in [2.24, 2.45) is 0 Å². The molecule has 20 heavy (non-hydrogen) atoms. The molecule has 1 aromatic rings. The zero-order valence-corrected chi connectivity index (χ0v) is 11.9. The molecule has 2 N–H and O–H groups in total. The van der Waals surface area contributed by atoms with Gasteiger partial charge in [-0.25, -0.2) is 13.2 Å². The highest BCUT2D eigenvalue weighted by atomic mass is 32.2. The summed E-state index contributed by atoms with van der Waals surface area (Å²) in [6, 6.07) is 6.87. The van der Waals surface area contributed by atoms with Gasteiger partial charge in [-0.3, -0.25) is 4.79 Å². The maximum atomic E-state index is 11.7. The molecular weight excluding hydrogens is 282 g/mol. The number of aliphatic carboxylic acids is 1. The first kappa shape index (κ1) is 16.2. The van der Waals surface area contributed by atoms with Gasteiger partial charge in [-0.05, 0) is 12.0 Å². The first-order valence-electron chi connectivity index (χ1n) is 6.13. The van der Waals surface area contributed by atoms with E-state index in [1.165, 1.54) is 0 Å². The number of rotatable bonds is 7. The Kier molecular flexibility index (Phi) is 5.69. The van der Waals surface area contributed by atoms with Gasteiger partial charge >= 0.3 is 5.97 Å². The second-order valence-electron chi connectivity index (χ2n) is 4.34. The standard InChI is InChI=1S/C13H17NO5S/c1-2-8-20(18,19)9-11(15)14-12(13(16)17)10-6-4-3-5-7-10/h3-7,12H,2,8-9H2,1H3,(H,14,15)(H,16,17)/t12-/m0/s1. The lowest BCUT2D eigenvalue weighted by atomic mass is 10.1. The summed E-state index contributed by atoms with van der Waals surface area (Å²) in [6.07, 6.45) is 0.413. The van der Waals surface area contributed by atoms with Gasteiger partial charge in [0.15, 0.2) is 15.9 Å². The summed E-state index contributed by atoms with van der Waals surface area (Å²) in [5.74, 6) is -2.84. The third kappa shape index (κ3) is 5.00. The van der Waals surface area contributed by atoms with Crippen LogP contribution in [0.1, 0.15) is 24.9 Å². The molecule has 1 amide bonds. The van der Waals surface area contributed by atoms with Gasteiger partial charge in [0.1, 0.15) is 5.75 Å². The SMILES string of the molecule is CCCS(=O)(=O)CC(=O)N[C@H](C(=O)O)c1ccccc1. The molecule has 0 aromatic heterocycles. The Balaban J connectivity index is 2.78. The smallest absolute Gasteiger partial charge is 0.330 e. The zero-order valence-electron chi connectivity index (χ0n) is 11.1. The second kappa shape index (κ2) is 7.04. The van der Waals surface area contributed by atoms with Crippen LogP contribution in [0.2, 0.25) is 0 Å². The van der Waals surface area contributed by atoms with Crippen molar-refractivity contribution < 1.29 is 23.1 Å². The molecule has 0 bridgehead atoms. The number of benzene rings is 1. The van der Waals surface area contributed by atoms with Gasteiger partial charge < -0.3 is 10.4 Å². The Bertz CT molecular complexity index is 568. The normalized spacial score (nSPS) is 12.7. The van der Waals surface area contributed by atoms with Crippen molar-refractivity contribution in [2.75, 3.05) is 11.5 Å². The van der Waals surface area contributed by atoms with E-state index < -0.39 is 33.5 Å². The van der Waals surface area contributed by atoms with Crippen LogP contribution >= 0.6 is 0 Å². The third-order valence-electron chi connectivity index (χ3n) is 2.55. The highest BCUT2D eigenvalue weighted by Crippen LogP contribution is 2.12. The lowest BCUT2D eigenvalue weighted by molar-refractivity contribution is -0.141. The minimum atomic E-state index is -3.49. The predicted molar refractivity (Wildman–Crippen MR) is 73.9 cm³/mol. The maximum absolute atomic E-state index is 11.7. The van der Waals surface area contributed by atoms with Crippen LogP contribution in [-0.4, -0.2) is 36.9 Å². The molecule has 0 aliphatic heterocycles. The number of carbonyl (C=O) groups is 2. The monoisotopic (exact) mass is 299 g/mol. The van der Waals surface area contributed by atoms with Gasteiger partial charge in [-0.15, -0.1) is 0 Å². The van der Waals surface area contributed by atoms with Crippen LogP contribution in [-0.2, 0) is 19.4 Å². The molecule has 0 saturated heterocycles. The van der Waals surface area contributed by atoms with Gasteiger partial charge in [-0.2, -0.15) is 0 Å². The van der Waals surface area contributed by atoms with Crippen molar-refractivity contribution >= 4 is 21.7 Å². The van der Waals surface area contributed by atoms with E-state index in [-0.39, 0.29) is 5.75 Å². The summed E-state index contributed by atoms with van der Waals surface area (Å²) >= 11 is 0. The van der Waals surface area contributed by atoms with E-state index in [0.717, 1.165) is 0 Å². The van der Waals surface area contributed by atoms with Crippen molar-refractivity contribution in [2.45, 2.75) is 19.4 Å². The van der Waals surface area contributed by atoms with Crippen LogP contribution < -0.4 is 5.32 Å². The van der Waals surface area contributed by atoms with E-state index in [9.17, 15) is 18.0 Å². The van der Waals surface area contributed by atoms with E-state index in [1.54, 1.807) is 37.3 Å². The predicted octanol–water partition coefficient (Wildman–Crippen LogP) is 0.753. The molecule has 7 heteroatoms. The second-order valence-corrected chi connectivity index (χ2v) is 6.53. The maximum Gasteiger partial charge on any atom is 0.330 e. The van der Waals surface area contributed by atoms with Crippen LogP contribution in [0.15, 0.2) is 30.3 Å². The lowest BCUT2D eigenvalue weighted by Gasteiger charge is -2.14. The van der Waals surface area contributed by atoms with Crippen LogP contribution in [0.4, 0.5) is 0 Å². The fourth-order valence-corrected chi connectivity index (χ4v) is 2.97. The van der Waals surface area contributed by atoms with Crippen LogP contribution in [0.25, 0.3) is 0 Å². The number of carboxylic acids is 1. The Hall–Kier alpha value is -1.89. The topological polar surface area (TPSA) is 101 Å². The average Bonchev–Trinajstić information content (AvgIpc) is 2.36. The molecule has 0 unspecified atom stereocenters. The number of nitrogens with one attached hydrogen (secondary N) is 1. The highest BCUT2D eigenvalue weighted by Gasteiger charge is 2.24. The van der Waals surface area contributed by atoms with Gasteiger partial charge in [0, 0.05) is 0 Å². The summed E-state index contributed by atoms with van der Waals surface area (Å²) < 4.78 is 23.0. The minimum absolute atomic E-state index is 0.0938. The number of sulfone groups is 1. The number of carboxylic acid groups (broad SMARTS) is 1. The van der Waals surface area contributed by atoms with E-state index in [2.05, 4.69) is 5.32 Å². The number of hydrogen-bond donors (Lipinski definition) is 2. The van der Waals surface area contributed by atoms with E-state index >= 15 is 0 Å². The van der Waals surface area contributed by atoms with Gasteiger partial charge in [0.2, 0.25) is 5.91 Å². The van der Waals surface area contributed by atoms with Crippen molar-refractivity contribution in [1.29, 1.82) is 0 Å². The molecule has 6 nitrogen and oxygen atoms in total. The number of hydrogen-bond acceptors (Lipinski definition) is 4. The molecule has 1 aromatic carbocycles. The fourth-order valence-electron chi connectivity index (χ4n) is 1.72. The molecule has 0 aliphatic rings. The summed E-state index contributed by atoms with van der Waals surface area (Å²) in [4.78, 5) is 22.8. The molecule has 1 atom stereocenters. The molecular formula is C13H17NO5S. The number of carbonyl (C=O) groups excluding carboxylic acids is 1. The Morgan fingerprint density at radius 2 is 1.85 bits per heavy atom. The van der Waals surface area contributed by atoms with Crippen molar-refractivity contribution in [1.82, 2.24) is 5.32 Å². The van der Waals surface area contributed by atoms with Crippen LogP contribution in [0, 0.1) is 0 Å². The summed E-state index contributed by atoms with van der Waals surface area (Å²) in [5.41, 5.74) is 0.390. The Morgan fingerprint density at radius 3 is 2.35 bits per heavy atom. The molecule has 0 radical (unpaired) electrons. The molecule has 1 rings (SSSR count). The summed E-state index contributed by atoms with van der Waals surface area (Å²) in [6.45, 7) is 1.69. The van der Waals surface area contributed by atoms with Gasteiger partial charge in [0.25, 0.3) is 0 Å². The average molecular weight is 299 g/mol. The van der Waals surface area contributed by atoms with Gasteiger partial charge in [-0.1, -0.05) is 37.3 Å². The van der Waals surface area contributed by atoms with E-state index in [4.69, 9.17) is 5.11 Å². The third-order valence-corrected chi connectivity index (χ3v) is 4.28. The van der Waals surface area contributed by atoms with Crippen LogP contribution in [0.5, 0.6) is 0 Å². The molecule has 110 valence electrons. The molecule has 0 aliphatic carbocycles. The van der Waals surface area contributed by atoms with Crippen molar-refractivity contribution in [3.63, 3.8) is 0 Å². The summed E-state index contributed by atoms with van der Waals surface area (Å²) in [5, 5.41) is 11.3. The molecule has 0 fully saturated rings. The number of amides is 1. The van der Waals surface area contributed by atoms with E-state index in [1.807, 2.05) is 0 Å². The highest BCUT2D eigenvalue weighted by molar-refractivity contribution is 7.92. The van der Waals surface area contributed by atoms with Crippen molar-refractivity contribution in [3.8, 4) is 0 Å². The zero-order chi connectivity index (χ0) is 15.2. The lowest BCUT2D eigenvalue weighted by Crippen LogP contribution is -2.37. The molecule has 0 heterocycles. The largest absolute Gasteiger partial charge is 0.479 e.